The monoisotopic (exact) mass is 433 g/mol. The number of amides is 2. The molecule has 1 heterocycles. The van der Waals surface area contributed by atoms with Crippen LogP contribution in [0.3, 0.4) is 0 Å². The predicted octanol–water partition coefficient (Wildman–Crippen LogP) is 3.35. The van der Waals surface area contributed by atoms with Crippen molar-refractivity contribution in [3.63, 3.8) is 0 Å². The van der Waals surface area contributed by atoms with Crippen molar-refractivity contribution < 1.29 is 9.59 Å². The molecule has 0 saturated carbocycles. The molecule has 4 rings (SSSR count). The van der Waals surface area contributed by atoms with E-state index in [0.717, 1.165) is 44.3 Å². The topological polar surface area (TPSA) is 75.4 Å². The van der Waals surface area contributed by atoms with Crippen molar-refractivity contribution in [2.45, 2.75) is 69.4 Å². The van der Waals surface area contributed by atoms with Crippen LogP contribution < -0.4 is 11.1 Å². The first-order chi connectivity index (χ1) is 15.3. The summed E-state index contributed by atoms with van der Waals surface area (Å²) < 4.78 is 0. The van der Waals surface area contributed by atoms with Crippen LogP contribution in [0.1, 0.15) is 56.2 Å². The zero-order valence-electron chi connectivity index (χ0n) is 19.3. The molecule has 5 heteroatoms. The lowest BCUT2D eigenvalue weighted by atomic mass is 9.74. The molecular formula is C27H35N3O2. The molecule has 1 fully saturated rings. The summed E-state index contributed by atoms with van der Waals surface area (Å²) in [4.78, 5) is 28.1. The van der Waals surface area contributed by atoms with Crippen LogP contribution >= 0.6 is 0 Å². The Kier molecular flexibility index (Phi) is 6.38. The Morgan fingerprint density at radius 3 is 2.38 bits per heavy atom. The van der Waals surface area contributed by atoms with Crippen LogP contribution in [0.25, 0.3) is 0 Å². The third-order valence-electron chi connectivity index (χ3n) is 7.25. The van der Waals surface area contributed by atoms with Gasteiger partial charge in [0.25, 0.3) is 0 Å². The summed E-state index contributed by atoms with van der Waals surface area (Å²) in [5.74, 6) is -0.276. The number of hydrogen-bond acceptors (Lipinski definition) is 3. The van der Waals surface area contributed by atoms with Gasteiger partial charge in [-0.2, -0.15) is 0 Å². The molecule has 2 amide bonds. The van der Waals surface area contributed by atoms with Gasteiger partial charge in [0.1, 0.15) is 6.04 Å². The average molecular weight is 434 g/mol. The van der Waals surface area contributed by atoms with Crippen molar-refractivity contribution in [3.8, 4) is 0 Å². The van der Waals surface area contributed by atoms with Gasteiger partial charge < -0.3 is 16.0 Å². The van der Waals surface area contributed by atoms with Crippen LogP contribution in [0.4, 0.5) is 0 Å². The van der Waals surface area contributed by atoms with Gasteiger partial charge in [-0.15, -0.1) is 0 Å². The van der Waals surface area contributed by atoms with E-state index in [0.29, 0.717) is 6.42 Å². The molecule has 1 spiro atoms. The molecule has 1 aliphatic carbocycles. The highest BCUT2D eigenvalue weighted by atomic mass is 16.2. The van der Waals surface area contributed by atoms with E-state index in [2.05, 4.69) is 41.7 Å². The van der Waals surface area contributed by atoms with Crippen molar-refractivity contribution in [3.05, 3.63) is 71.3 Å². The summed E-state index contributed by atoms with van der Waals surface area (Å²) in [6.07, 6.45) is 5.56. The SMILES string of the molecule is CC(C)(N)C(=O)N[C@H](CCc1ccccc1)C(=O)N1CCC2(CCc3ccccc32)CC1. The Labute approximate surface area is 191 Å². The Morgan fingerprint density at radius 1 is 1.03 bits per heavy atom. The van der Waals surface area contributed by atoms with Crippen LogP contribution in [0.15, 0.2) is 54.6 Å². The highest BCUT2D eigenvalue weighted by Gasteiger charge is 2.42. The standard InChI is InChI=1S/C27H35N3O2/c1-26(2,28)25(32)29-23(13-12-20-8-4-3-5-9-20)24(31)30-18-16-27(17-19-30)15-14-21-10-6-7-11-22(21)27/h3-11,23H,12-19,28H2,1-2H3,(H,29,32)/t23-/m1/s1. The van der Waals surface area contributed by atoms with Gasteiger partial charge in [-0.25, -0.2) is 0 Å². The molecule has 0 unspecified atom stereocenters. The molecular weight excluding hydrogens is 398 g/mol. The Hall–Kier alpha value is -2.66. The average Bonchev–Trinajstić information content (AvgIpc) is 3.15. The molecule has 1 atom stereocenters. The lowest BCUT2D eigenvalue weighted by Gasteiger charge is -2.41. The number of nitrogens with zero attached hydrogens (tertiary/aromatic N) is 1. The molecule has 1 saturated heterocycles. The minimum absolute atomic E-state index is 0.0136. The number of carbonyl (C=O) groups is 2. The van der Waals surface area contributed by atoms with Crippen molar-refractivity contribution in [1.29, 1.82) is 0 Å². The fraction of sp³-hybridized carbons (Fsp3) is 0.481. The number of hydrogen-bond donors (Lipinski definition) is 2. The van der Waals surface area contributed by atoms with Gasteiger partial charge in [-0.1, -0.05) is 54.6 Å². The van der Waals surface area contributed by atoms with Crippen LogP contribution in [0.2, 0.25) is 0 Å². The molecule has 3 N–H and O–H groups in total. The zero-order valence-corrected chi connectivity index (χ0v) is 19.3. The summed E-state index contributed by atoms with van der Waals surface area (Å²) in [5, 5.41) is 2.95. The minimum atomic E-state index is -1.02. The first-order valence-corrected chi connectivity index (χ1v) is 11.8. The van der Waals surface area contributed by atoms with Crippen LogP contribution in [-0.4, -0.2) is 41.4 Å². The number of nitrogens with one attached hydrogen (secondary N) is 1. The number of fused-ring (bicyclic) bond motifs is 2. The summed E-state index contributed by atoms with van der Waals surface area (Å²) in [6, 6.07) is 18.3. The highest BCUT2D eigenvalue weighted by molar-refractivity contribution is 5.91. The molecule has 2 aliphatic rings. The van der Waals surface area contributed by atoms with Crippen molar-refractivity contribution >= 4 is 11.8 Å². The number of nitrogens with two attached hydrogens (primary N) is 1. The second-order valence-corrected chi connectivity index (χ2v) is 10.0. The number of likely N-dealkylation sites (tertiary alicyclic amines) is 1. The summed E-state index contributed by atoms with van der Waals surface area (Å²) in [5.41, 5.74) is 9.28. The van der Waals surface area contributed by atoms with Gasteiger partial charge in [0.05, 0.1) is 5.54 Å². The lowest BCUT2D eigenvalue weighted by Crippen LogP contribution is -2.57. The van der Waals surface area contributed by atoms with Gasteiger partial charge in [0, 0.05) is 13.1 Å². The van der Waals surface area contributed by atoms with Crippen LogP contribution in [0, 0.1) is 0 Å². The normalized spacial score (nSPS) is 18.3. The van der Waals surface area contributed by atoms with E-state index in [-0.39, 0.29) is 17.2 Å². The van der Waals surface area contributed by atoms with E-state index < -0.39 is 11.6 Å². The molecule has 2 aromatic carbocycles. The molecule has 1 aliphatic heterocycles. The first-order valence-electron chi connectivity index (χ1n) is 11.8. The third kappa shape index (κ3) is 4.73. The van der Waals surface area contributed by atoms with Gasteiger partial charge >= 0.3 is 0 Å². The maximum Gasteiger partial charge on any atom is 0.245 e. The zero-order chi connectivity index (χ0) is 22.8. The van der Waals surface area contributed by atoms with Crippen molar-refractivity contribution in [1.82, 2.24) is 10.2 Å². The molecule has 170 valence electrons. The van der Waals surface area contributed by atoms with Gasteiger partial charge in [-0.05, 0) is 74.5 Å². The van der Waals surface area contributed by atoms with Crippen LogP contribution in [-0.2, 0) is 27.8 Å². The fourth-order valence-corrected chi connectivity index (χ4v) is 5.22. The quantitative estimate of drug-likeness (QED) is 0.734. The molecule has 0 aromatic heterocycles. The highest BCUT2D eigenvalue weighted by Crippen LogP contribution is 2.46. The van der Waals surface area contributed by atoms with E-state index >= 15 is 0 Å². The molecule has 2 aromatic rings. The van der Waals surface area contributed by atoms with Crippen molar-refractivity contribution in [2.75, 3.05) is 13.1 Å². The summed E-state index contributed by atoms with van der Waals surface area (Å²) >= 11 is 0. The summed E-state index contributed by atoms with van der Waals surface area (Å²) in [7, 11) is 0. The second-order valence-electron chi connectivity index (χ2n) is 10.0. The van der Waals surface area contributed by atoms with Crippen LogP contribution in [0.5, 0.6) is 0 Å². The minimum Gasteiger partial charge on any atom is -0.343 e. The van der Waals surface area contributed by atoms with E-state index in [1.165, 1.54) is 17.5 Å². The van der Waals surface area contributed by atoms with E-state index in [1.807, 2.05) is 23.1 Å². The Bertz CT molecular complexity index is 956. The molecule has 0 bridgehead atoms. The van der Waals surface area contributed by atoms with Gasteiger partial charge in [0.2, 0.25) is 11.8 Å². The maximum atomic E-state index is 13.5. The van der Waals surface area contributed by atoms with E-state index in [1.54, 1.807) is 13.8 Å². The molecule has 5 nitrogen and oxygen atoms in total. The number of piperidine rings is 1. The lowest BCUT2D eigenvalue weighted by molar-refractivity contribution is -0.139. The Morgan fingerprint density at radius 2 is 1.69 bits per heavy atom. The fourth-order valence-electron chi connectivity index (χ4n) is 5.22. The Balaban J connectivity index is 1.44. The molecule has 32 heavy (non-hydrogen) atoms. The van der Waals surface area contributed by atoms with Crippen molar-refractivity contribution in [2.24, 2.45) is 5.73 Å². The molecule has 0 radical (unpaired) electrons. The largest absolute Gasteiger partial charge is 0.343 e. The predicted molar refractivity (Wildman–Crippen MR) is 127 cm³/mol. The number of rotatable bonds is 6. The number of aryl methyl sites for hydroxylation is 2. The third-order valence-corrected chi connectivity index (χ3v) is 7.25. The maximum absolute atomic E-state index is 13.5. The number of carbonyl (C=O) groups excluding carboxylic acids is 2. The van der Waals surface area contributed by atoms with E-state index in [4.69, 9.17) is 5.73 Å². The first kappa shape index (κ1) is 22.5. The van der Waals surface area contributed by atoms with Gasteiger partial charge in [0.15, 0.2) is 0 Å². The smallest absolute Gasteiger partial charge is 0.245 e. The number of benzene rings is 2. The van der Waals surface area contributed by atoms with E-state index in [9.17, 15) is 9.59 Å². The van der Waals surface area contributed by atoms with Gasteiger partial charge in [-0.3, -0.25) is 9.59 Å². The second kappa shape index (κ2) is 9.07. The summed E-state index contributed by atoms with van der Waals surface area (Å²) in [6.45, 7) is 4.81.